The Morgan fingerprint density at radius 1 is 1.20 bits per heavy atom. The number of rotatable bonds is 5. The summed E-state index contributed by atoms with van der Waals surface area (Å²) < 4.78 is 0. The summed E-state index contributed by atoms with van der Waals surface area (Å²) in [6.07, 6.45) is 5.28. The fraction of sp³-hybridized carbons (Fsp3) is 1.00. The first-order chi connectivity index (χ1) is 7.13. The van der Waals surface area contributed by atoms with Gasteiger partial charge in [0.1, 0.15) is 0 Å². The Hall–Kier alpha value is -0.0800. The highest BCUT2D eigenvalue weighted by Crippen LogP contribution is 2.23. The predicted octanol–water partition coefficient (Wildman–Crippen LogP) is 2.48. The van der Waals surface area contributed by atoms with Crippen molar-refractivity contribution in [2.24, 2.45) is 17.6 Å². The van der Waals surface area contributed by atoms with E-state index in [9.17, 15) is 0 Å². The van der Waals surface area contributed by atoms with Crippen LogP contribution in [0.25, 0.3) is 0 Å². The molecular formula is C13H28N2. The van der Waals surface area contributed by atoms with E-state index in [-0.39, 0.29) is 0 Å². The molecule has 1 rings (SSSR count). The van der Waals surface area contributed by atoms with E-state index in [4.69, 9.17) is 5.73 Å². The summed E-state index contributed by atoms with van der Waals surface area (Å²) in [5.41, 5.74) is 5.61. The highest BCUT2D eigenvalue weighted by atomic mass is 15.2. The molecule has 1 aliphatic rings. The maximum absolute atomic E-state index is 5.61. The van der Waals surface area contributed by atoms with E-state index in [1.807, 2.05) is 0 Å². The van der Waals surface area contributed by atoms with Gasteiger partial charge in [-0.25, -0.2) is 0 Å². The van der Waals surface area contributed by atoms with Crippen LogP contribution in [-0.2, 0) is 0 Å². The van der Waals surface area contributed by atoms with Crippen LogP contribution >= 0.6 is 0 Å². The van der Waals surface area contributed by atoms with Crippen molar-refractivity contribution in [2.75, 3.05) is 19.6 Å². The first kappa shape index (κ1) is 13.0. The molecular weight excluding hydrogens is 184 g/mol. The molecule has 0 aromatic heterocycles. The summed E-state index contributed by atoms with van der Waals surface area (Å²) in [5, 5.41) is 0. The summed E-state index contributed by atoms with van der Waals surface area (Å²) in [6, 6.07) is 0.767. The molecule has 2 heteroatoms. The Morgan fingerprint density at radius 2 is 1.80 bits per heavy atom. The zero-order valence-electron chi connectivity index (χ0n) is 10.7. The quantitative estimate of drug-likeness (QED) is 0.758. The second kappa shape index (κ2) is 6.49. The molecule has 1 unspecified atom stereocenters. The monoisotopic (exact) mass is 212 g/mol. The van der Waals surface area contributed by atoms with Crippen molar-refractivity contribution < 1.29 is 0 Å². The Morgan fingerprint density at radius 3 is 2.27 bits per heavy atom. The van der Waals surface area contributed by atoms with Crippen molar-refractivity contribution in [3.8, 4) is 0 Å². The normalized spacial score (nSPS) is 22.2. The average Bonchev–Trinajstić information content (AvgIpc) is 2.18. The van der Waals surface area contributed by atoms with Crippen molar-refractivity contribution in [2.45, 2.75) is 52.5 Å². The Kier molecular flexibility index (Phi) is 5.62. The number of likely N-dealkylation sites (tertiary alicyclic amines) is 1. The van der Waals surface area contributed by atoms with Gasteiger partial charge in [-0.1, -0.05) is 13.8 Å². The molecule has 15 heavy (non-hydrogen) atoms. The van der Waals surface area contributed by atoms with Crippen LogP contribution in [0.4, 0.5) is 0 Å². The van der Waals surface area contributed by atoms with Gasteiger partial charge in [-0.15, -0.1) is 0 Å². The molecule has 0 amide bonds. The topological polar surface area (TPSA) is 29.3 Å². The highest BCUT2D eigenvalue weighted by molar-refractivity contribution is 4.77. The summed E-state index contributed by atoms with van der Waals surface area (Å²) in [7, 11) is 0. The Balaban J connectivity index is 2.24. The molecule has 0 aliphatic carbocycles. The fourth-order valence-corrected chi connectivity index (χ4v) is 2.75. The zero-order chi connectivity index (χ0) is 11.3. The van der Waals surface area contributed by atoms with Crippen LogP contribution in [-0.4, -0.2) is 30.6 Å². The van der Waals surface area contributed by atoms with Crippen LogP contribution in [0.2, 0.25) is 0 Å². The maximum atomic E-state index is 5.61. The van der Waals surface area contributed by atoms with Gasteiger partial charge < -0.3 is 10.6 Å². The van der Waals surface area contributed by atoms with E-state index in [1.165, 1.54) is 38.8 Å². The van der Waals surface area contributed by atoms with E-state index < -0.39 is 0 Å². The van der Waals surface area contributed by atoms with E-state index in [0.29, 0.717) is 0 Å². The first-order valence-electron chi connectivity index (χ1n) is 6.57. The molecule has 0 bridgehead atoms. The molecule has 0 radical (unpaired) electrons. The Labute approximate surface area is 95.2 Å². The van der Waals surface area contributed by atoms with E-state index in [1.54, 1.807) is 0 Å². The van der Waals surface area contributed by atoms with E-state index in [0.717, 1.165) is 24.4 Å². The summed E-state index contributed by atoms with van der Waals surface area (Å²) in [4.78, 5) is 2.66. The molecule has 1 heterocycles. The van der Waals surface area contributed by atoms with Gasteiger partial charge in [0.15, 0.2) is 0 Å². The minimum absolute atomic E-state index is 0.767. The van der Waals surface area contributed by atoms with Crippen molar-refractivity contribution in [3.05, 3.63) is 0 Å². The lowest BCUT2D eigenvalue weighted by Crippen LogP contribution is -2.40. The van der Waals surface area contributed by atoms with Crippen LogP contribution < -0.4 is 5.73 Å². The lowest BCUT2D eigenvalue weighted by atomic mass is 9.92. The minimum atomic E-state index is 0.767. The third-order valence-electron chi connectivity index (χ3n) is 3.66. The first-order valence-corrected chi connectivity index (χ1v) is 6.57. The second-order valence-corrected chi connectivity index (χ2v) is 5.54. The van der Waals surface area contributed by atoms with Crippen LogP contribution in [0, 0.1) is 11.8 Å². The lowest BCUT2D eigenvalue weighted by Gasteiger charge is -2.36. The fourth-order valence-electron chi connectivity index (χ4n) is 2.75. The van der Waals surface area contributed by atoms with Crippen molar-refractivity contribution in [1.29, 1.82) is 0 Å². The lowest BCUT2D eigenvalue weighted by molar-refractivity contribution is 0.125. The van der Waals surface area contributed by atoms with Crippen molar-refractivity contribution >= 4 is 0 Å². The molecule has 2 nitrogen and oxygen atoms in total. The summed E-state index contributed by atoms with van der Waals surface area (Å²) in [6.45, 7) is 10.5. The largest absolute Gasteiger partial charge is 0.330 e. The van der Waals surface area contributed by atoms with Crippen LogP contribution in [0.15, 0.2) is 0 Å². The maximum Gasteiger partial charge on any atom is 0.00693 e. The van der Waals surface area contributed by atoms with E-state index in [2.05, 4.69) is 25.7 Å². The van der Waals surface area contributed by atoms with Gasteiger partial charge in [-0.2, -0.15) is 0 Å². The highest BCUT2D eigenvalue weighted by Gasteiger charge is 2.22. The van der Waals surface area contributed by atoms with Gasteiger partial charge in [-0.3, -0.25) is 0 Å². The third kappa shape index (κ3) is 4.52. The average molecular weight is 212 g/mol. The number of nitrogens with two attached hydrogens (primary N) is 1. The predicted molar refractivity (Wildman–Crippen MR) is 66.9 cm³/mol. The van der Waals surface area contributed by atoms with Crippen molar-refractivity contribution in [3.63, 3.8) is 0 Å². The smallest absolute Gasteiger partial charge is 0.00693 e. The number of hydrogen-bond donors (Lipinski definition) is 1. The molecule has 0 aromatic carbocycles. The van der Waals surface area contributed by atoms with Crippen LogP contribution in [0.5, 0.6) is 0 Å². The molecule has 2 N–H and O–H groups in total. The molecule has 1 aliphatic heterocycles. The van der Waals surface area contributed by atoms with Gasteiger partial charge >= 0.3 is 0 Å². The van der Waals surface area contributed by atoms with Gasteiger partial charge in [0.25, 0.3) is 0 Å². The molecule has 1 saturated heterocycles. The molecule has 0 saturated carbocycles. The Bertz CT molecular complexity index is 160. The molecule has 0 spiro atoms. The zero-order valence-corrected chi connectivity index (χ0v) is 10.7. The number of nitrogens with zero attached hydrogens (tertiary/aromatic N) is 1. The van der Waals surface area contributed by atoms with Crippen LogP contribution in [0.1, 0.15) is 46.5 Å². The van der Waals surface area contributed by atoms with Gasteiger partial charge in [0, 0.05) is 6.04 Å². The SMILES string of the molecule is CC(C)CC(C)N1CCC(CCN)CC1. The number of piperidine rings is 1. The van der Waals surface area contributed by atoms with Crippen LogP contribution in [0.3, 0.4) is 0 Å². The molecule has 1 atom stereocenters. The third-order valence-corrected chi connectivity index (χ3v) is 3.66. The van der Waals surface area contributed by atoms with E-state index >= 15 is 0 Å². The second-order valence-electron chi connectivity index (χ2n) is 5.54. The summed E-state index contributed by atoms with van der Waals surface area (Å²) >= 11 is 0. The molecule has 0 aromatic rings. The van der Waals surface area contributed by atoms with Gasteiger partial charge in [0.05, 0.1) is 0 Å². The van der Waals surface area contributed by atoms with Gasteiger partial charge in [-0.05, 0) is 64.1 Å². The summed E-state index contributed by atoms with van der Waals surface area (Å²) in [5.74, 6) is 1.72. The number of hydrogen-bond acceptors (Lipinski definition) is 2. The molecule has 1 fully saturated rings. The standard InChI is InChI=1S/C13H28N2/c1-11(2)10-12(3)15-8-5-13(4-7-14)6-9-15/h11-13H,4-10,14H2,1-3H3. The molecule has 90 valence electrons. The van der Waals surface area contributed by atoms with Gasteiger partial charge in [0.2, 0.25) is 0 Å². The van der Waals surface area contributed by atoms with Crippen molar-refractivity contribution in [1.82, 2.24) is 4.90 Å². The minimum Gasteiger partial charge on any atom is -0.330 e.